The van der Waals surface area contributed by atoms with E-state index in [1.807, 2.05) is 30.3 Å². The lowest BCUT2D eigenvalue weighted by molar-refractivity contribution is -0.134. The monoisotopic (exact) mass is 411 g/mol. The molecule has 1 aromatic heterocycles. The van der Waals surface area contributed by atoms with Gasteiger partial charge in [-0.3, -0.25) is 4.79 Å². The highest BCUT2D eigenvalue weighted by Gasteiger charge is 2.28. The zero-order valence-corrected chi connectivity index (χ0v) is 16.4. The Bertz CT molecular complexity index is 962. The molecule has 0 N–H and O–H groups in total. The molecule has 1 atom stereocenters. The SMILES string of the molecule is O=C(COc1ccc(F)cc1)N1CCCC(c2noc(COc3ccccc3)n2)C1. The molecule has 4 rings (SSSR count). The Kier molecular flexibility index (Phi) is 6.22. The maximum Gasteiger partial charge on any atom is 0.264 e. The van der Waals surface area contributed by atoms with Crippen molar-refractivity contribution in [2.75, 3.05) is 19.7 Å². The highest BCUT2D eigenvalue weighted by atomic mass is 19.1. The van der Waals surface area contributed by atoms with E-state index in [0.29, 0.717) is 30.6 Å². The number of piperidine rings is 1. The van der Waals surface area contributed by atoms with E-state index in [2.05, 4.69) is 10.1 Å². The van der Waals surface area contributed by atoms with Crippen molar-refractivity contribution in [3.8, 4) is 11.5 Å². The Balaban J connectivity index is 1.29. The van der Waals surface area contributed by atoms with Crippen LogP contribution in [-0.4, -0.2) is 40.6 Å². The smallest absolute Gasteiger partial charge is 0.264 e. The Hall–Kier alpha value is -3.42. The molecule has 156 valence electrons. The van der Waals surface area contributed by atoms with Gasteiger partial charge >= 0.3 is 0 Å². The number of likely N-dealkylation sites (tertiary alicyclic amines) is 1. The van der Waals surface area contributed by atoms with Crippen LogP contribution in [-0.2, 0) is 11.4 Å². The molecule has 2 aromatic carbocycles. The van der Waals surface area contributed by atoms with Gasteiger partial charge in [0.2, 0.25) is 0 Å². The van der Waals surface area contributed by atoms with Crippen LogP contribution in [0.2, 0.25) is 0 Å². The molecule has 1 amide bonds. The van der Waals surface area contributed by atoms with Crippen molar-refractivity contribution >= 4 is 5.91 Å². The Morgan fingerprint density at radius 3 is 2.67 bits per heavy atom. The molecule has 0 radical (unpaired) electrons. The summed E-state index contributed by atoms with van der Waals surface area (Å²) in [7, 11) is 0. The van der Waals surface area contributed by atoms with Crippen LogP contribution in [0.1, 0.15) is 30.5 Å². The van der Waals surface area contributed by atoms with E-state index >= 15 is 0 Å². The highest BCUT2D eigenvalue weighted by molar-refractivity contribution is 5.78. The molecule has 1 aliphatic heterocycles. The third-order valence-corrected chi connectivity index (χ3v) is 4.90. The molecule has 0 spiro atoms. The van der Waals surface area contributed by atoms with E-state index in [1.165, 1.54) is 24.3 Å². The first-order valence-corrected chi connectivity index (χ1v) is 9.84. The summed E-state index contributed by atoms with van der Waals surface area (Å²) < 4.78 is 29.4. The zero-order valence-electron chi connectivity index (χ0n) is 16.4. The van der Waals surface area contributed by atoms with Crippen LogP contribution in [0.4, 0.5) is 4.39 Å². The van der Waals surface area contributed by atoms with Crippen molar-refractivity contribution < 1.29 is 23.2 Å². The first kappa shape index (κ1) is 19.9. The number of benzene rings is 2. The predicted octanol–water partition coefficient (Wildman–Crippen LogP) is 3.57. The minimum atomic E-state index is -0.346. The molecular formula is C22H22FN3O4. The second-order valence-electron chi connectivity index (χ2n) is 7.07. The molecule has 8 heteroatoms. The summed E-state index contributed by atoms with van der Waals surface area (Å²) in [6.45, 7) is 1.26. The highest BCUT2D eigenvalue weighted by Crippen LogP contribution is 2.25. The van der Waals surface area contributed by atoms with Gasteiger partial charge in [-0.15, -0.1) is 0 Å². The Morgan fingerprint density at radius 1 is 1.10 bits per heavy atom. The fourth-order valence-corrected chi connectivity index (χ4v) is 3.34. The lowest BCUT2D eigenvalue weighted by Gasteiger charge is -2.31. The molecule has 2 heterocycles. The lowest BCUT2D eigenvalue weighted by atomic mass is 9.97. The van der Waals surface area contributed by atoms with Crippen LogP contribution in [0.3, 0.4) is 0 Å². The van der Waals surface area contributed by atoms with Gasteiger partial charge in [-0.05, 0) is 49.2 Å². The van der Waals surface area contributed by atoms with Crippen LogP contribution < -0.4 is 9.47 Å². The number of hydrogen-bond acceptors (Lipinski definition) is 6. The second-order valence-corrected chi connectivity index (χ2v) is 7.07. The topological polar surface area (TPSA) is 77.7 Å². The molecule has 1 saturated heterocycles. The summed E-state index contributed by atoms with van der Waals surface area (Å²) in [4.78, 5) is 18.7. The van der Waals surface area contributed by atoms with Crippen LogP contribution in [0.5, 0.6) is 11.5 Å². The molecule has 0 bridgehead atoms. The van der Waals surface area contributed by atoms with Gasteiger partial charge in [0.15, 0.2) is 19.0 Å². The van der Waals surface area contributed by atoms with Crippen molar-refractivity contribution in [3.63, 3.8) is 0 Å². The molecular weight excluding hydrogens is 389 g/mol. The molecule has 0 saturated carbocycles. The predicted molar refractivity (Wildman–Crippen MR) is 106 cm³/mol. The molecule has 30 heavy (non-hydrogen) atoms. The normalized spacial score (nSPS) is 16.3. The average Bonchev–Trinajstić information content (AvgIpc) is 3.27. The van der Waals surface area contributed by atoms with Crippen molar-refractivity contribution in [1.82, 2.24) is 15.0 Å². The van der Waals surface area contributed by atoms with E-state index < -0.39 is 0 Å². The van der Waals surface area contributed by atoms with Gasteiger partial charge in [-0.25, -0.2) is 4.39 Å². The summed E-state index contributed by atoms with van der Waals surface area (Å²) in [5, 5.41) is 4.08. The number of amides is 1. The Labute approximate surface area is 173 Å². The number of nitrogens with zero attached hydrogens (tertiary/aromatic N) is 3. The lowest BCUT2D eigenvalue weighted by Crippen LogP contribution is -2.41. The van der Waals surface area contributed by atoms with Gasteiger partial charge in [-0.2, -0.15) is 4.98 Å². The van der Waals surface area contributed by atoms with E-state index in [9.17, 15) is 9.18 Å². The maximum atomic E-state index is 13.0. The number of hydrogen-bond donors (Lipinski definition) is 0. The molecule has 3 aromatic rings. The zero-order chi connectivity index (χ0) is 20.8. The summed E-state index contributed by atoms with van der Waals surface area (Å²) in [5.74, 6) is 1.70. The molecule has 1 fully saturated rings. The van der Waals surface area contributed by atoms with Gasteiger partial charge in [0.1, 0.15) is 17.3 Å². The Morgan fingerprint density at radius 2 is 1.87 bits per heavy atom. The van der Waals surface area contributed by atoms with Crippen molar-refractivity contribution in [2.45, 2.75) is 25.4 Å². The minimum Gasteiger partial charge on any atom is -0.484 e. The molecule has 1 aliphatic rings. The number of para-hydroxylation sites is 1. The van der Waals surface area contributed by atoms with Crippen LogP contribution in [0, 0.1) is 5.82 Å². The van der Waals surface area contributed by atoms with Crippen molar-refractivity contribution in [1.29, 1.82) is 0 Å². The average molecular weight is 411 g/mol. The van der Waals surface area contributed by atoms with E-state index in [1.54, 1.807) is 4.90 Å². The summed E-state index contributed by atoms with van der Waals surface area (Å²) in [6, 6.07) is 15.0. The fraction of sp³-hybridized carbons (Fsp3) is 0.318. The number of carbonyl (C=O) groups is 1. The minimum absolute atomic E-state index is 0.00254. The molecule has 7 nitrogen and oxygen atoms in total. The van der Waals surface area contributed by atoms with E-state index in [-0.39, 0.29) is 30.9 Å². The van der Waals surface area contributed by atoms with Crippen LogP contribution in [0.25, 0.3) is 0 Å². The first-order chi connectivity index (χ1) is 14.7. The number of aromatic nitrogens is 2. The number of ether oxygens (including phenoxy) is 2. The van der Waals surface area contributed by atoms with Gasteiger partial charge in [0.05, 0.1) is 0 Å². The van der Waals surface area contributed by atoms with Gasteiger partial charge in [-0.1, -0.05) is 23.4 Å². The quantitative estimate of drug-likeness (QED) is 0.592. The standard InChI is InChI=1S/C22H22FN3O4/c23-17-8-10-19(11-9-17)29-15-21(27)26-12-4-5-16(13-26)22-24-20(30-25-22)14-28-18-6-2-1-3-7-18/h1-3,6-11,16H,4-5,12-15H2. The van der Waals surface area contributed by atoms with Crippen LogP contribution >= 0.6 is 0 Å². The van der Waals surface area contributed by atoms with E-state index in [4.69, 9.17) is 14.0 Å². The van der Waals surface area contributed by atoms with Crippen LogP contribution in [0.15, 0.2) is 59.1 Å². The number of rotatable bonds is 7. The molecule has 0 aliphatic carbocycles. The number of carbonyl (C=O) groups excluding carboxylic acids is 1. The molecule has 1 unspecified atom stereocenters. The van der Waals surface area contributed by atoms with Gasteiger partial charge < -0.3 is 18.9 Å². The summed E-state index contributed by atoms with van der Waals surface area (Å²) >= 11 is 0. The van der Waals surface area contributed by atoms with Crippen molar-refractivity contribution in [2.24, 2.45) is 0 Å². The first-order valence-electron chi connectivity index (χ1n) is 9.84. The second kappa shape index (κ2) is 9.39. The maximum absolute atomic E-state index is 13.0. The summed E-state index contributed by atoms with van der Waals surface area (Å²) in [5.41, 5.74) is 0. The number of halogens is 1. The van der Waals surface area contributed by atoms with Gasteiger partial charge in [0.25, 0.3) is 11.8 Å². The largest absolute Gasteiger partial charge is 0.484 e. The third-order valence-electron chi connectivity index (χ3n) is 4.90. The van der Waals surface area contributed by atoms with Gasteiger partial charge in [0, 0.05) is 19.0 Å². The van der Waals surface area contributed by atoms with E-state index in [0.717, 1.165) is 18.6 Å². The third kappa shape index (κ3) is 5.14. The fourth-order valence-electron chi connectivity index (χ4n) is 3.34. The van der Waals surface area contributed by atoms with Crippen molar-refractivity contribution in [3.05, 3.63) is 72.1 Å². The summed E-state index contributed by atoms with van der Waals surface area (Å²) in [6.07, 6.45) is 1.72.